The van der Waals surface area contributed by atoms with Gasteiger partial charge in [0.15, 0.2) is 0 Å². The monoisotopic (exact) mass is 373 g/mol. The van der Waals surface area contributed by atoms with Gasteiger partial charge in [0.05, 0.1) is 23.0 Å². The zero-order chi connectivity index (χ0) is 19.5. The Balaban J connectivity index is 1.81. The first kappa shape index (κ1) is 18.1. The highest BCUT2D eigenvalue weighted by atomic mass is 16.1. The van der Waals surface area contributed by atoms with Crippen molar-refractivity contribution in [2.24, 2.45) is 7.05 Å². The summed E-state index contributed by atoms with van der Waals surface area (Å²) >= 11 is 0. The summed E-state index contributed by atoms with van der Waals surface area (Å²) in [6, 6.07) is 11.8. The molecule has 4 aromatic rings. The molecule has 0 bridgehead atoms. The lowest BCUT2D eigenvalue weighted by Gasteiger charge is -2.06. The second-order valence-electron chi connectivity index (χ2n) is 6.96. The fourth-order valence-electron chi connectivity index (χ4n) is 3.40. The van der Waals surface area contributed by atoms with E-state index in [1.807, 2.05) is 6.20 Å². The van der Waals surface area contributed by atoms with Gasteiger partial charge in [0, 0.05) is 31.1 Å². The molecular weight excluding hydrogens is 350 g/mol. The average molecular weight is 373 g/mol. The molecule has 3 aromatic heterocycles. The zero-order valence-corrected chi connectivity index (χ0v) is 16.2. The third-order valence-corrected chi connectivity index (χ3v) is 4.95. The SMILES string of the molecule is CCCCCc1ccc(-c2nn3ccncc3c2-c2ccc(=O)n(C)n2)cc1. The van der Waals surface area contributed by atoms with Gasteiger partial charge in [0.2, 0.25) is 0 Å². The molecule has 0 aliphatic rings. The van der Waals surface area contributed by atoms with Crippen LogP contribution in [0, 0.1) is 0 Å². The number of unbranched alkanes of at least 4 members (excludes halogenated alkanes) is 2. The van der Waals surface area contributed by atoms with Crippen LogP contribution in [-0.4, -0.2) is 24.4 Å². The summed E-state index contributed by atoms with van der Waals surface area (Å²) in [5, 5.41) is 9.21. The summed E-state index contributed by atoms with van der Waals surface area (Å²) in [4.78, 5) is 16.0. The summed E-state index contributed by atoms with van der Waals surface area (Å²) < 4.78 is 3.15. The van der Waals surface area contributed by atoms with Crippen molar-refractivity contribution in [3.05, 3.63) is 70.9 Å². The zero-order valence-electron chi connectivity index (χ0n) is 16.2. The molecule has 0 N–H and O–H groups in total. The number of fused-ring (bicyclic) bond motifs is 1. The van der Waals surface area contributed by atoms with Gasteiger partial charge >= 0.3 is 0 Å². The Morgan fingerprint density at radius 3 is 2.57 bits per heavy atom. The number of benzene rings is 1. The van der Waals surface area contributed by atoms with Crippen LogP contribution in [0.25, 0.3) is 28.0 Å². The molecule has 0 radical (unpaired) electrons. The number of rotatable bonds is 6. The van der Waals surface area contributed by atoms with Crippen LogP contribution in [0.15, 0.2) is 59.8 Å². The number of hydrogen-bond donors (Lipinski definition) is 0. The lowest BCUT2D eigenvalue weighted by atomic mass is 10.0. The minimum Gasteiger partial charge on any atom is -0.268 e. The van der Waals surface area contributed by atoms with Gasteiger partial charge in [-0.05, 0) is 24.5 Å². The minimum atomic E-state index is -0.142. The van der Waals surface area contributed by atoms with E-state index in [1.54, 1.807) is 30.0 Å². The number of nitrogens with zero attached hydrogens (tertiary/aromatic N) is 5. The van der Waals surface area contributed by atoms with Crippen molar-refractivity contribution in [1.29, 1.82) is 0 Å². The molecule has 0 aliphatic heterocycles. The molecule has 6 nitrogen and oxygen atoms in total. The molecule has 0 saturated carbocycles. The van der Waals surface area contributed by atoms with Crippen molar-refractivity contribution in [3.8, 4) is 22.5 Å². The maximum Gasteiger partial charge on any atom is 0.266 e. The minimum absolute atomic E-state index is 0.142. The summed E-state index contributed by atoms with van der Waals surface area (Å²) in [6.45, 7) is 2.22. The van der Waals surface area contributed by atoms with Crippen LogP contribution < -0.4 is 5.56 Å². The Morgan fingerprint density at radius 2 is 1.82 bits per heavy atom. The van der Waals surface area contributed by atoms with Crippen LogP contribution in [0.1, 0.15) is 31.7 Å². The molecule has 0 fully saturated rings. The van der Waals surface area contributed by atoms with Gasteiger partial charge in [-0.2, -0.15) is 10.2 Å². The molecule has 0 aliphatic carbocycles. The van der Waals surface area contributed by atoms with E-state index in [0.717, 1.165) is 28.8 Å². The van der Waals surface area contributed by atoms with Gasteiger partial charge < -0.3 is 0 Å². The molecule has 6 heteroatoms. The van der Waals surface area contributed by atoms with Gasteiger partial charge in [0.1, 0.15) is 5.69 Å². The van der Waals surface area contributed by atoms with Crippen LogP contribution in [-0.2, 0) is 13.5 Å². The maximum atomic E-state index is 11.8. The van der Waals surface area contributed by atoms with Gasteiger partial charge in [-0.25, -0.2) is 9.20 Å². The standard InChI is InChI=1S/C22H23N5O/c1-3-4-5-6-16-7-9-17(10-8-16)22-21(18-11-12-20(28)26(2)24-18)19-15-23-13-14-27(19)25-22/h7-15H,3-6H2,1-2H3. The molecule has 0 amide bonds. The Kier molecular flexibility index (Phi) is 5.02. The molecular formula is C22H23N5O. The molecule has 0 unspecified atom stereocenters. The van der Waals surface area contributed by atoms with E-state index in [2.05, 4.69) is 41.3 Å². The lowest BCUT2D eigenvalue weighted by Crippen LogP contribution is -2.18. The highest BCUT2D eigenvalue weighted by Gasteiger charge is 2.18. The molecule has 0 saturated heterocycles. The Bertz CT molecular complexity index is 1160. The van der Waals surface area contributed by atoms with Gasteiger partial charge in [-0.15, -0.1) is 0 Å². The van der Waals surface area contributed by atoms with Crippen molar-refractivity contribution in [2.75, 3.05) is 0 Å². The summed E-state index contributed by atoms with van der Waals surface area (Å²) in [5.74, 6) is 0. The Labute approximate surface area is 163 Å². The summed E-state index contributed by atoms with van der Waals surface area (Å²) in [6.07, 6.45) is 10.1. The van der Waals surface area contributed by atoms with E-state index >= 15 is 0 Å². The lowest BCUT2D eigenvalue weighted by molar-refractivity contribution is 0.712. The van der Waals surface area contributed by atoms with E-state index in [-0.39, 0.29) is 5.56 Å². The fourth-order valence-corrected chi connectivity index (χ4v) is 3.40. The third-order valence-electron chi connectivity index (χ3n) is 4.95. The highest BCUT2D eigenvalue weighted by Crippen LogP contribution is 2.33. The van der Waals surface area contributed by atoms with Crippen LogP contribution in [0.2, 0.25) is 0 Å². The predicted octanol–water partition coefficient (Wildman–Crippen LogP) is 3.89. The van der Waals surface area contributed by atoms with Crippen molar-refractivity contribution in [3.63, 3.8) is 0 Å². The van der Waals surface area contributed by atoms with Crippen LogP contribution in [0.4, 0.5) is 0 Å². The second-order valence-corrected chi connectivity index (χ2v) is 6.96. The highest BCUT2D eigenvalue weighted by molar-refractivity contribution is 5.90. The summed E-state index contributed by atoms with van der Waals surface area (Å²) in [7, 11) is 1.65. The quantitative estimate of drug-likeness (QED) is 0.481. The van der Waals surface area contributed by atoms with Crippen molar-refractivity contribution in [1.82, 2.24) is 24.4 Å². The van der Waals surface area contributed by atoms with Gasteiger partial charge in [-0.3, -0.25) is 9.78 Å². The van der Waals surface area contributed by atoms with Crippen LogP contribution >= 0.6 is 0 Å². The molecule has 4 rings (SSSR count). The van der Waals surface area contributed by atoms with E-state index in [9.17, 15) is 4.79 Å². The Hall–Kier alpha value is -3.28. The molecule has 0 atom stereocenters. The van der Waals surface area contributed by atoms with Crippen molar-refractivity contribution < 1.29 is 0 Å². The third kappa shape index (κ3) is 3.45. The molecule has 142 valence electrons. The van der Waals surface area contributed by atoms with Gasteiger partial charge in [-0.1, -0.05) is 44.0 Å². The number of aromatic nitrogens is 5. The predicted molar refractivity (Wildman–Crippen MR) is 110 cm³/mol. The molecule has 28 heavy (non-hydrogen) atoms. The molecule has 1 aromatic carbocycles. The first-order valence-electron chi connectivity index (χ1n) is 9.64. The van der Waals surface area contributed by atoms with Gasteiger partial charge in [0.25, 0.3) is 5.56 Å². The van der Waals surface area contributed by atoms with E-state index in [1.165, 1.54) is 35.6 Å². The molecule has 0 spiro atoms. The summed E-state index contributed by atoms with van der Waals surface area (Å²) in [5.41, 5.74) is 5.49. The first-order valence-corrected chi connectivity index (χ1v) is 9.64. The van der Waals surface area contributed by atoms with E-state index in [4.69, 9.17) is 5.10 Å². The van der Waals surface area contributed by atoms with E-state index < -0.39 is 0 Å². The van der Waals surface area contributed by atoms with Crippen LogP contribution in [0.3, 0.4) is 0 Å². The van der Waals surface area contributed by atoms with E-state index in [0.29, 0.717) is 5.69 Å². The first-order chi connectivity index (χ1) is 13.7. The fraction of sp³-hybridized carbons (Fsp3) is 0.273. The largest absolute Gasteiger partial charge is 0.268 e. The van der Waals surface area contributed by atoms with Crippen LogP contribution in [0.5, 0.6) is 0 Å². The second kappa shape index (κ2) is 7.76. The average Bonchev–Trinajstić information content (AvgIpc) is 3.10. The van der Waals surface area contributed by atoms with Crippen molar-refractivity contribution >= 4 is 5.52 Å². The van der Waals surface area contributed by atoms with Crippen molar-refractivity contribution in [2.45, 2.75) is 32.6 Å². The topological polar surface area (TPSA) is 65.1 Å². The maximum absolute atomic E-state index is 11.8. The smallest absolute Gasteiger partial charge is 0.266 e. The number of hydrogen-bond acceptors (Lipinski definition) is 4. The normalized spacial score (nSPS) is 11.2. The molecule has 3 heterocycles. The Morgan fingerprint density at radius 1 is 1.00 bits per heavy atom. The number of aryl methyl sites for hydroxylation is 2.